The Morgan fingerprint density at radius 2 is 1.84 bits per heavy atom. The summed E-state index contributed by atoms with van der Waals surface area (Å²) in [6, 6.07) is 10.4. The van der Waals surface area contributed by atoms with E-state index in [1.54, 1.807) is 0 Å². The number of nitrogens with zero attached hydrogens (tertiary/aromatic N) is 4. The van der Waals surface area contributed by atoms with Crippen LogP contribution < -0.4 is 4.90 Å². The molecule has 1 aromatic heterocycles. The summed E-state index contributed by atoms with van der Waals surface area (Å²) in [6.45, 7) is 6.20. The Hall–Kier alpha value is -2.53. The lowest BCUT2D eigenvalue weighted by atomic mass is 9.91. The third-order valence-corrected chi connectivity index (χ3v) is 7.41. The summed E-state index contributed by atoms with van der Waals surface area (Å²) >= 11 is 0. The van der Waals surface area contributed by atoms with Crippen LogP contribution in [0, 0.1) is 12.8 Å². The van der Waals surface area contributed by atoms with Gasteiger partial charge in [0.25, 0.3) is 0 Å². The molecule has 5 rings (SSSR count). The van der Waals surface area contributed by atoms with E-state index in [1.807, 2.05) is 17.9 Å². The third kappa shape index (κ3) is 4.63. The van der Waals surface area contributed by atoms with Crippen LogP contribution >= 0.6 is 0 Å². The number of rotatable bonds is 6. The summed E-state index contributed by atoms with van der Waals surface area (Å²) in [5, 5.41) is 0. The van der Waals surface area contributed by atoms with Gasteiger partial charge in [-0.15, -0.1) is 0 Å². The zero-order valence-electron chi connectivity index (χ0n) is 19.2. The molecular weight excluding hydrogens is 396 g/mol. The lowest BCUT2D eigenvalue weighted by Gasteiger charge is -2.34. The molecule has 1 aromatic carbocycles. The minimum Gasteiger partial charge on any atom is -0.303 e. The van der Waals surface area contributed by atoms with Crippen LogP contribution in [-0.4, -0.2) is 47.0 Å². The number of aromatic nitrogens is 2. The first kappa shape index (κ1) is 21.3. The average molecular weight is 431 g/mol. The van der Waals surface area contributed by atoms with Gasteiger partial charge < -0.3 is 4.90 Å². The van der Waals surface area contributed by atoms with Gasteiger partial charge in [0.15, 0.2) is 0 Å². The van der Waals surface area contributed by atoms with E-state index in [2.05, 4.69) is 41.3 Å². The van der Waals surface area contributed by atoms with Crippen LogP contribution in [0.25, 0.3) is 0 Å². The molecule has 3 aliphatic rings. The van der Waals surface area contributed by atoms with E-state index in [0.717, 1.165) is 61.2 Å². The summed E-state index contributed by atoms with van der Waals surface area (Å²) < 4.78 is 0. The van der Waals surface area contributed by atoms with Gasteiger partial charge >= 0.3 is 0 Å². The smallest absolute Gasteiger partial charge is 0.232 e. The molecule has 1 aliphatic carbocycles. The molecule has 168 valence electrons. The minimum atomic E-state index is 0.154. The zero-order chi connectivity index (χ0) is 21.9. The molecule has 1 fully saturated rings. The Kier molecular flexibility index (Phi) is 6.35. The van der Waals surface area contributed by atoms with E-state index in [4.69, 9.17) is 9.97 Å². The molecule has 0 bridgehead atoms. The van der Waals surface area contributed by atoms with Crippen LogP contribution in [0.1, 0.15) is 60.7 Å². The van der Waals surface area contributed by atoms with Gasteiger partial charge in [0.1, 0.15) is 11.6 Å². The molecule has 32 heavy (non-hydrogen) atoms. The van der Waals surface area contributed by atoms with E-state index in [9.17, 15) is 4.79 Å². The number of benzene rings is 1. The molecule has 1 saturated heterocycles. The number of hydrogen-bond donors (Lipinski definition) is 0. The van der Waals surface area contributed by atoms with E-state index >= 15 is 0 Å². The highest BCUT2D eigenvalue weighted by Crippen LogP contribution is 2.33. The Labute approximate surface area is 191 Å². The highest BCUT2D eigenvalue weighted by Gasteiger charge is 2.33. The predicted octanol–water partition coefficient (Wildman–Crippen LogP) is 4.45. The average Bonchev–Trinajstić information content (AvgIpc) is 3.15. The monoisotopic (exact) mass is 430 g/mol. The fourth-order valence-corrected chi connectivity index (χ4v) is 5.46. The molecule has 0 N–H and O–H groups in total. The molecule has 0 unspecified atom stereocenters. The molecule has 5 heteroatoms. The Morgan fingerprint density at radius 3 is 2.59 bits per heavy atom. The maximum atomic E-state index is 12.8. The van der Waals surface area contributed by atoms with Gasteiger partial charge in [0, 0.05) is 30.3 Å². The van der Waals surface area contributed by atoms with Crippen molar-refractivity contribution in [3.8, 4) is 0 Å². The van der Waals surface area contributed by atoms with Gasteiger partial charge in [-0.05, 0) is 70.0 Å². The number of carbonyl (C=O) groups is 1. The molecule has 3 heterocycles. The van der Waals surface area contributed by atoms with Crippen molar-refractivity contribution in [1.29, 1.82) is 0 Å². The van der Waals surface area contributed by atoms with Gasteiger partial charge in [-0.1, -0.05) is 42.5 Å². The molecule has 1 atom stereocenters. The van der Waals surface area contributed by atoms with Gasteiger partial charge in [-0.2, -0.15) is 0 Å². The first-order valence-corrected chi connectivity index (χ1v) is 12.3. The first-order valence-electron chi connectivity index (χ1n) is 12.3. The highest BCUT2D eigenvalue weighted by atomic mass is 16.2. The van der Waals surface area contributed by atoms with Crippen molar-refractivity contribution in [2.45, 2.75) is 57.8 Å². The van der Waals surface area contributed by atoms with Crippen molar-refractivity contribution < 1.29 is 4.79 Å². The molecule has 2 aliphatic heterocycles. The van der Waals surface area contributed by atoms with E-state index in [0.29, 0.717) is 18.9 Å². The number of anilines is 1. The molecule has 2 aromatic rings. The second-order valence-corrected chi connectivity index (χ2v) is 9.65. The van der Waals surface area contributed by atoms with Crippen molar-refractivity contribution >= 4 is 11.7 Å². The van der Waals surface area contributed by atoms with Crippen molar-refractivity contribution in [3.63, 3.8) is 0 Å². The Morgan fingerprint density at radius 1 is 1.03 bits per heavy atom. The van der Waals surface area contributed by atoms with Gasteiger partial charge in [-0.3, -0.25) is 9.69 Å². The molecule has 5 nitrogen and oxygen atoms in total. The lowest BCUT2D eigenvalue weighted by molar-refractivity contribution is -0.117. The number of allylic oxidation sites excluding steroid dienone is 2. The van der Waals surface area contributed by atoms with Gasteiger partial charge in [0.2, 0.25) is 5.91 Å². The molecule has 0 spiro atoms. The summed E-state index contributed by atoms with van der Waals surface area (Å²) in [4.78, 5) is 27.2. The normalized spacial score (nSPS) is 21.8. The lowest BCUT2D eigenvalue weighted by Crippen LogP contribution is -2.37. The van der Waals surface area contributed by atoms with Crippen LogP contribution in [0.5, 0.6) is 0 Å². The predicted molar refractivity (Wildman–Crippen MR) is 128 cm³/mol. The SMILES string of the molecule is Cc1nc(C2CCN(C[C@H]3CC=CCC3)CC2)nc2c1CC(=O)N2CCc1ccccc1. The molecule has 0 radical (unpaired) electrons. The topological polar surface area (TPSA) is 49.3 Å². The third-order valence-electron chi connectivity index (χ3n) is 7.41. The number of likely N-dealkylation sites (tertiary alicyclic amines) is 1. The maximum absolute atomic E-state index is 12.8. The molecule has 1 amide bonds. The van der Waals surface area contributed by atoms with Crippen molar-refractivity contribution in [1.82, 2.24) is 14.9 Å². The number of piperidine rings is 1. The highest BCUT2D eigenvalue weighted by molar-refractivity contribution is 6.00. The number of carbonyl (C=O) groups excluding carboxylic acids is 1. The summed E-state index contributed by atoms with van der Waals surface area (Å²) in [5.74, 6) is 3.18. The van der Waals surface area contributed by atoms with Crippen molar-refractivity contribution in [2.24, 2.45) is 5.92 Å². The second-order valence-electron chi connectivity index (χ2n) is 9.65. The minimum absolute atomic E-state index is 0.154. The maximum Gasteiger partial charge on any atom is 0.232 e. The largest absolute Gasteiger partial charge is 0.303 e. The van der Waals surface area contributed by atoms with Gasteiger partial charge in [-0.25, -0.2) is 9.97 Å². The van der Waals surface area contributed by atoms with Crippen molar-refractivity contribution in [3.05, 3.63) is 65.1 Å². The van der Waals surface area contributed by atoms with Crippen molar-refractivity contribution in [2.75, 3.05) is 31.1 Å². The quantitative estimate of drug-likeness (QED) is 0.635. The van der Waals surface area contributed by atoms with E-state index in [1.165, 1.54) is 31.4 Å². The number of hydrogen-bond acceptors (Lipinski definition) is 4. The number of aryl methyl sites for hydroxylation is 1. The fourth-order valence-electron chi connectivity index (χ4n) is 5.46. The molecule has 0 saturated carbocycles. The number of amides is 1. The van der Waals surface area contributed by atoms with E-state index < -0.39 is 0 Å². The summed E-state index contributed by atoms with van der Waals surface area (Å²) in [5.41, 5.74) is 3.26. The summed E-state index contributed by atoms with van der Waals surface area (Å²) in [7, 11) is 0. The van der Waals surface area contributed by atoms with E-state index in [-0.39, 0.29) is 5.91 Å². The fraction of sp³-hybridized carbons (Fsp3) is 0.519. The Bertz CT molecular complexity index is 979. The van der Waals surface area contributed by atoms with Crippen LogP contribution in [0.15, 0.2) is 42.5 Å². The first-order chi connectivity index (χ1) is 15.7. The zero-order valence-corrected chi connectivity index (χ0v) is 19.2. The van der Waals surface area contributed by atoms with Crippen LogP contribution in [0.3, 0.4) is 0 Å². The number of fused-ring (bicyclic) bond motifs is 1. The van der Waals surface area contributed by atoms with Gasteiger partial charge in [0.05, 0.1) is 6.42 Å². The van der Waals surface area contributed by atoms with Crippen LogP contribution in [-0.2, 0) is 17.6 Å². The van der Waals surface area contributed by atoms with Crippen LogP contribution in [0.2, 0.25) is 0 Å². The standard InChI is InChI=1S/C27H34N4O/c1-20-24-18-25(32)31(17-12-21-8-4-2-5-9-21)27(24)29-26(28-20)23-13-15-30(16-14-23)19-22-10-6-3-7-11-22/h2-6,8-9,22-23H,7,10-19H2,1H3/t22-/m0/s1. The second kappa shape index (κ2) is 9.53. The summed E-state index contributed by atoms with van der Waals surface area (Å²) in [6.07, 6.45) is 12.0. The van der Waals surface area contributed by atoms with Crippen LogP contribution in [0.4, 0.5) is 5.82 Å². The Balaban J connectivity index is 1.25. The molecular formula is C27H34N4O.